The van der Waals surface area contributed by atoms with Crippen LogP contribution >= 0.6 is 0 Å². The minimum Gasteiger partial charge on any atom is -0.378 e. The Morgan fingerprint density at radius 2 is 1.89 bits per heavy atom. The van der Waals surface area contributed by atoms with Crippen molar-refractivity contribution in [2.45, 2.75) is 32.1 Å². The fraction of sp³-hybridized carbons (Fsp3) is 0.545. The van der Waals surface area contributed by atoms with Crippen molar-refractivity contribution in [2.75, 3.05) is 39.4 Å². The van der Waals surface area contributed by atoms with Crippen LogP contribution < -0.4 is 0 Å². The van der Waals surface area contributed by atoms with Crippen LogP contribution in [0.3, 0.4) is 0 Å². The van der Waals surface area contributed by atoms with Crippen LogP contribution in [0.2, 0.25) is 0 Å². The van der Waals surface area contributed by atoms with Crippen molar-refractivity contribution in [1.29, 1.82) is 0 Å². The van der Waals surface area contributed by atoms with Crippen LogP contribution in [0.15, 0.2) is 30.5 Å². The van der Waals surface area contributed by atoms with Gasteiger partial charge in [0.1, 0.15) is 0 Å². The largest absolute Gasteiger partial charge is 0.378 e. The van der Waals surface area contributed by atoms with E-state index < -0.39 is 0 Å². The summed E-state index contributed by atoms with van der Waals surface area (Å²) in [4.78, 5) is 32.4. The molecule has 28 heavy (non-hydrogen) atoms. The van der Waals surface area contributed by atoms with Crippen LogP contribution in [-0.2, 0) is 20.7 Å². The predicted octanol–water partition coefficient (Wildman–Crippen LogP) is 2.59. The Kier molecular flexibility index (Phi) is 5.95. The van der Waals surface area contributed by atoms with E-state index >= 15 is 0 Å². The second kappa shape index (κ2) is 8.78. The summed E-state index contributed by atoms with van der Waals surface area (Å²) in [6.07, 6.45) is 5.96. The number of carbonyl (C=O) groups excluding carboxylic acids is 2. The maximum atomic E-state index is 12.9. The van der Waals surface area contributed by atoms with Crippen LogP contribution in [0, 0.1) is 5.92 Å². The Morgan fingerprint density at radius 3 is 2.75 bits per heavy atom. The molecule has 0 bridgehead atoms. The van der Waals surface area contributed by atoms with Gasteiger partial charge in [0.15, 0.2) is 0 Å². The van der Waals surface area contributed by atoms with E-state index in [-0.39, 0.29) is 11.8 Å². The number of H-pyrrole nitrogens is 1. The first-order valence-electron chi connectivity index (χ1n) is 10.4. The van der Waals surface area contributed by atoms with Gasteiger partial charge in [-0.15, -0.1) is 0 Å². The Labute approximate surface area is 165 Å². The SMILES string of the molecule is O=C(CCC1CCCN(C(=O)Cc2c[nH]c3ccccc23)C1)N1CCOCC1. The van der Waals surface area contributed by atoms with E-state index in [2.05, 4.69) is 11.1 Å². The molecule has 1 aromatic heterocycles. The number of rotatable bonds is 5. The lowest BCUT2D eigenvalue weighted by molar-refractivity contribution is -0.135. The molecule has 2 aliphatic rings. The lowest BCUT2D eigenvalue weighted by atomic mass is 9.92. The van der Waals surface area contributed by atoms with Crippen molar-refractivity contribution < 1.29 is 14.3 Å². The van der Waals surface area contributed by atoms with E-state index in [1.807, 2.05) is 34.2 Å². The van der Waals surface area contributed by atoms with Gasteiger partial charge in [-0.05, 0) is 36.8 Å². The van der Waals surface area contributed by atoms with E-state index in [0.717, 1.165) is 48.8 Å². The molecule has 0 spiro atoms. The summed E-state index contributed by atoms with van der Waals surface area (Å²) in [5, 5.41) is 1.13. The Balaban J connectivity index is 1.29. The van der Waals surface area contributed by atoms with Crippen LogP contribution in [-0.4, -0.2) is 66.0 Å². The summed E-state index contributed by atoms with van der Waals surface area (Å²) in [6.45, 7) is 4.31. The molecule has 0 saturated carbocycles. The second-order valence-electron chi connectivity index (χ2n) is 7.92. The van der Waals surface area contributed by atoms with Crippen LogP contribution in [0.5, 0.6) is 0 Å². The normalized spacial score (nSPS) is 20.5. The summed E-state index contributed by atoms with van der Waals surface area (Å²) in [7, 11) is 0. The zero-order valence-electron chi connectivity index (χ0n) is 16.4. The number of aromatic nitrogens is 1. The van der Waals surface area contributed by atoms with Gasteiger partial charge in [-0.25, -0.2) is 0 Å². The molecular weight excluding hydrogens is 354 g/mol. The van der Waals surface area contributed by atoms with Gasteiger partial charge in [-0.1, -0.05) is 18.2 Å². The van der Waals surface area contributed by atoms with Gasteiger partial charge in [0.2, 0.25) is 11.8 Å². The molecule has 3 heterocycles. The molecule has 6 heteroatoms. The number of para-hydroxylation sites is 1. The topological polar surface area (TPSA) is 65.6 Å². The number of hydrogen-bond acceptors (Lipinski definition) is 3. The Morgan fingerprint density at radius 1 is 1.07 bits per heavy atom. The third-order valence-electron chi connectivity index (χ3n) is 6.02. The number of amides is 2. The highest BCUT2D eigenvalue weighted by Crippen LogP contribution is 2.24. The maximum Gasteiger partial charge on any atom is 0.227 e. The average molecular weight is 383 g/mol. The van der Waals surface area contributed by atoms with Gasteiger partial charge in [-0.2, -0.15) is 0 Å². The number of aromatic amines is 1. The van der Waals surface area contributed by atoms with Gasteiger partial charge in [0, 0.05) is 49.7 Å². The third kappa shape index (κ3) is 4.38. The number of nitrogens with one attached hydrogen (secondary N) is 1. The minimum atomic E-state index is 0.189. The standard InChI is InChI=1S/C22H29N3O3/c26-21(24-10-12-28-13-11-24)8-7-17-4-3-9-25(16-17)22(27)14-18-15-23-20-6-2-1-5-19(18)20/h1-2,5-6,15,17,23H,3-4,7-14,16H2. The summed E-state index contributed by atoms with van der Waals surface area (Å²) >= 11 is 0. The molecule has 150 valence electrons. The smallest absolute Gasteiger partial charge is 0.227 e. The highest BCUT2D eigenvalue weighted by Gasteiger charge is 2.25. The number of hydrogen-bond donors (Lipinski definition) is 1. The monoisotopic (exact) mass is 383 g/mol. The van der Waals surface area contributed by atoms with E-state index in [4.69, 9.17) is 4.74 Å². The number of benzene rings is 1. The molecule has 1 atom stereocenters. The lowest BCUT2D eigenvalue weighted by Gasteiger charge is -2.33. The quantitative estimate of drug-likeness (QED) is 0.863. The van der Waals surface area contributed by atoms with Crippen molar-refractivity contribution in [2.24, 2.45) is 5.92 Å². The highest BCUT2D eigenvalue weighted by molar-refractivity contribution is 5.88. The number of piperidine rings is 1. The van der Waals surface area contributed by atoms with Crippen molar-refractivity contribution in [3.05, 3.63) is 36.0 Å². The van der Waals surface area contributed by atoms with E-state index in [0.29, 0.717) is 45.1 Å². The van der Waals surface area contributed by atoms with Crippen molar-refractivity contribution in [3.8, 4) is 0 Å². The number of nitrogens with zero attached hydrogens (tertiary/aromatic N) is 2. The lowest BCUT2D eigenvalue weighted by Crippen LogP contribution is -2.42. The van der Waals surface area contributed by atoms with Crippen LogP contribution in [0.25, 0.3) is 10.9 Å². The third-order valence-corrected chi connectivity index (χ3v) is 6.02. The molecule has 1 N–H and O–H groups in total. The molecule has 4 rings (SSSR count). The van der Waals surface area contributed by atoms with Crippen LogP contribution in [0.1, 0.15) is 31.2 Å². The van der Waals surface area contributed by atoms with Gasteiger partial charge in [0.25, 0.3) is 0 Å². The van der Waals surface area contributed by atoms with Crippen LogP contribution in [0.4, 0.5) is 0 Å². The molecule has 2 amide bonds. The van der Waals surface area contributed by atoms with Gasteiger partial charge >= 0.3 is 0 Å². The molecule has 6 nitrogen and oxygen atoms in total. The summed E-state index contributed by atoms with van der Waals surface area (Å²) in [5.41, 5.74) is 2.13. The molecule has 0 aliphatic carbocycles. The Bertz CT molecular complexity index is 825. The van der Waals surface area contributed by atoms with E-state index in [1.165, 1.54) is 0 Å². The van der Waals surface area contributed by atoms with E-state index in [1.54, 1.807) is 0 Å². The first-order chi connectivity index (χ1) is 13.7. The zero-order chi connectivity index (χ0) is 19.3. The molecule has 2 aliphatic heterocycles. The number of ether oxygens (including phenoxy) is 1. The first kappa shape index (κ1) is 19.0. The molecule has 2 fully saturated rings. The predicted molar refractivity (Wildman–Crippen MR) is 108 cm³/mol. The van der Waals surface area contributed by atoms with Gasteiger partial charge in [0.05, 0.1) is 19.6 Å². The Hall–Kier alpha value is -2.34. The molecule has 1 aromatic carbocycles. The fourth-order valence-corrected chi connectivity index (χ4v) is 4.38. The second-order valence-corrected chi connectivity index (χ2v) is 7.92. The number of morpholine rings is 1. The fourth-order valence-electron chi connectivity index (χ4n) is 4.38. The highest BCUT2D eigenvalue weighted by atomic mass is 16.5. The van der Waals surface area contributed by atoms with E-state index in [9.17, 15) is 9.59 Å². The van der Waals surface area contributed by atoms with Crippen molar-refractivity contribution in [1.82, 2.24) is 14.8 Å². The summed E-state index contributed by atoms with van der Waals surface area (Å²) in [6, 6.07) is 8.10. The molecule has 0 radical (unpaired) electrons. The molecular formula is C22H29N3O3. The average Bonchev–Trinajstić information content (AvgIpc) is 3.16. The summed E-state index contributed by atoms with van der Waals surface area (Å²) < 4.78 is 5.31. The molecule has 1 unspecified atom stereocenters. The van der Waals surface area contributed by atoms with Gasteiger partial charge < -0.3 is 19.5 Å². The number of carbonyl (C=O) groups is 2. The minimum absolute atomic E-state index is 0.189. The van der Waals surface area contributed by atoms with Gasteiger partial charge in [-0.3, -0.25) is 9.59 Å². The van der Waals surface area contributed by atoms with Crippen molar-refractivity contribution in [3.63, 3.8) is 0 Å². The molecule has 2 aromatic rings. The summed E-state index contributed by atoms with van der Waals surface area (Å²) in [5.74, 6) is 0.838. The molecule has 2 saturated heterocycles. The number of fused-ring (bicyclic) bond motifs is 1. The maximum absolute atomic E-state index is 12.9. The zero-order valence-corrected chi connectivity index (χ0v) is 16.4. The number of likely N-dealkylation sites (tertiary alicyclic amines) is 1. The van der Waals surface area contributed by atoms with Crippen molar-refractivity contribution >= 4 is 22.7 Å². The first-order valence-corrected chi connectivity index (χ1v) is 10.4.